The molecule has 6 rings (SSSR count). The number of hydrogen-bond donors (Lipinski definition) is 3. The van der Waals surface area contributed by atoms with E-state index in [1.165, 1.54) is 0 Å². The molecule has 3 saturated carbocycles. The molecule has 9 atom stereocenters. The van der Waals surface area contributed by atoms with Gasteiger partial charge < -0.3 is 46.1 Å². The molecule has 0 radical (unpaired) electrons. The van der Waals surface area contributed by atoms with Gasteiger partial charge in [0, 0.05) is 37.8 Å². The van der Waals surface area contributed by atoms with Crippen molar-refractivity contribution in [3.05, 3.63) is 0 Å². The molecule has 6 bridgehead atoms. The third kappa shape index (κ3) is 9.16. The van der Waals surface area contributed by atoms with E-state index in [0.717, 1.165) is 58.2 Å². The minimum atomic E-state index is -0.414. The molecule has 258 valence electrons. The van der Waals surface area contributed by atoms with Gasteiger partial charge in [0.25, 0.3) is 0 Å². The van der Waals surface area contributed by atoms with Gasteiger partial charge in [0.1, 0.15) is 16.8 Å². The van der Waals surface area contributed by atoms with Gasteiger partial charge in [-0.25, -0.2) is 14.4 Å². The van der Waals surface area contributed by atoms with Crippen LogP contribution in [0, 0.1) is 17.8 Å². The number of piperidine rings is 3. The molecule has 6 fully saturated rings. The van der Waals surface area contributed by atoms with Crippen molar-refractivity contribution in [3.8, 4) is 0 Å². The second kappa shape index (κ2) is 13.1. The van der Waals surface area contributed by atoms with Gasteiger partial charge in [-0.3, -0.25) is 0 Å². The lowest BCUT2D eigenvalue weighted by Gasteiger charge is -2.33. The average molecular weight is 637 g/mol. The quantitative estimate of drug-likeness (QED) is 0.333. The number of fused-ring (bicyclic) bond motifs is 6. The summed E-state index contributed by atoms with van der Waals surface area (Å²) in [7, 11) is 0. The first-order chi connectivity index (χ1) is 20.6. The third-order valence-electron chi connectivity index (χ3n) is 9.47. The molecule has 3 aliphatic carbocycles. The molecule has 3 aliphatic heterocycles. The van der Waals surface area contributed by atoms with Gasteiger partial charge in [0.15, 0.2) is 0 Å². The summed E-state index contributed by atoms with van der Waals surface area (Å²) in [5, 5.41) is 0. The molecule has 0 aromatic rings. The van der Waals surface area contributed by atoms with Gasteiger partial charge in [-0.1, -0.05) is 0 Å². The van der Waals surface area contributed by atoms with E-state index in [1.54, 1.807) is 0 Å². The minimum absolute atomic E-state index is 0.149. The summed E-state index contributed by atoms with van der Waals surface area (Å²) >= 11 is 0. The van der Waals surface area contributed by atoms with Crippen LogP contribution in [0.4, 0.5) is 14.4 Å². The Hall–Kier alpha value is -2.31. The van der Waals surface area contributed by atoms with Crippen LogP contribution in [0.5, 0.6) is 0 Å². The van der Waals surface area contributed by atoms with E-state index in [2.05, 4.69) is 0 Å². The number of hydrogen-bond acceptors (Lipinski definition) is 9. The molecule has 6 aliphatic rings. The summed E-state index contributed by atoms with van der Waals surface area (Å²) in [5.41, 5.74) is 16.6. The normalized spacial score (nSPS) is 34.7. The van der Waals surface area contributed by atoms with E-state index in [9.17, 15) is 14.4 Å². The Balaban J connectivity index is 0.000000154. The van der Waals surface area contributed by atoms with Crippen molar-refractivity contribution in [1.82, 2.24) is 14.7 Å². The number of amides is 3. The number of carbonyl (C=O) groups is 3. The van der Waals surface area contributed by atoms with Crippen LogP contribution < -0.4 is 17.2 Å². The molecular weight excluding hydrogens is 576 g/mol. The zero-order valence-electron chi connectivity index (χ0n) is 29.1. The molecule has 12 heteroatoms. The fourth-order valence-corrected chi connectivity index (χ4v) is 7.82. The lowest BCUT2D eigenvalue weighted by molar-refractivity contribution is 0.0163. The van der Waals surface area contributed by atoms with Gasteiger partial charge in [-0.05, 0) is 119 Å². The summed E-state index contributed by atoms with van der Waals surface area (Å²) in [6, 6.07) is 1.09. The van der Waals surface area contributed by atoms with Crippen LogP contribution in [-0.2, 0) is 14.2 Å². The Morgan fingerprint density at radius 1 is 0.467 bits per heavy atom. The Morgan fingerprint density at radius 2 is 0.689 bits per heavy atom. The van der Waals surface area contributed by atoms with Crippen LogP contribution in [0.2, 0.25) is 0 Å². The Kier molecular flexibility index (Phi) is 10.3. The number of likely N-dealkylation sites (tertiary alicyclic amines) is 3. The Bertz CT molecular complexity index is 950. The van der Waals surface area contributed by atoms with Crippen molar-refractivity contribution >= 4 is 18.3 Å². The molecule has 3 amide bonds. The maximum absolute atomic E-state index is 11.8. The largest absolute Gasteiger partial charge is 0.444 e. The second-order valence-corrected chi connectivity index (χ2v) is 17.1. The highest BCUT2D eigenvalue weighted by Crippen LogP contribution is 2.39. The number of nitrogens with two attached hydrogens (primary N) is 3. The van der Waals surface area contributed by atoms with Gasteiger partial charge in [-0.2, -0.15) is 0 Å². The van der Waals surface area contributed by atoms with Crippen molar-refractivity contribution in [3.63, 3.8) is 0 Å². The first-order valence-corrected chi connectivity index (χ1v) is 16.9. The zero-order valence-corrected chi connectivity index (χ0v) is 29.1. The highest BCUT2D eigenvalue weighted by molar-refractivity contribution is 5.70. The van der Waals surface area contributed by atoms with E-state index in [-0.39, 0.29) is 54.5 Å². The molecule has 3 saturated heterocycles. The highest BCUT2D eigenvalue weighted by Gasteiger charge is 2.48. The van der Waals surface area contributed by atoms with Gasteiger partial charge in [0.2, 0.25) is 0 Å². The van der Waals surface area contributed by atoms with E-state index in [0.29, 0.717) is 17.8 Å². The Morgan fingerprint density at radius 3 is 0.844 bits per heavy atom. The van der Waals surface area contributed by atoms with Crippen molar-refractivity contribution < 1.29 is 28.6 Å². The van der Waals surface area contributed by atoms with Crippen molar-refractivity contribution in [2.45, 2.75) is 154 Å². The van der Waals surface area contributed by atoms with Crippen LogP contribution in [0.1, 0.15) is 101 Å². The van der Waals surface area contributed by atoms with E-state index in [4.69, 9.17) is 31.4 Å². The fraction of sp³-hybridized carbons (Fsp3) is 0.909. The number of ether oxygens (including phenoxy) is 3. The summed E-state index contributed by atoms with van der Waals surface area (Å²) in [6.07, 6.45) is 5.74. The molecule has 6 N–H and O–H groups in total. The van der Waals surface area contributed by atoms with Crippen LogP contribution in [0.25, 0.3) is 0 Å². The predicted octanol–water partition coefficient (Wildman–Crippen LogP) is 4.03. The summed E-state index contributed by atoms with van der Waals surface area (Å²) in [5.74, 6) is 1.78. The lowest BCUT2D eigenvalue weighted by atomic mass is 10.1. The number of nitrogens with zero attached hydrogens (tertiary/aromatic N) is 3. The first kappa shape index (κ1) is 35.5. The molecule has 12 nitrogen and oxygen atoms in total. The average Bonchev–Trinajstić information content (AvgIpc) is 3.69. The highest BCUT2D eigenvalue weighted by atomic mass is 16.6. The Labute approximate surface area is 270 Å². The van der Waals surface area contributed by atoms with Gasteiger partial charge in [0.05, 0.1) is 18.1 Å². The van der Waals surface area contributed by atoms with E-state index in [1.807, 2.05) is 77.0 Å². The summed E-state index contributed by atoms with van der Waals surface area (Å²) in [6.45, 7) is 19.5. The lowest BCUT2D eigenvalue weighted by Crippen LogP contribution is -2.49. The molecule has 3 heterocycles. The SMILES string of the molecule is CC(C)(C)OC(=O)N1CC2CC(N)C1C2.CC(C)(C)OC(=O)N1CC2CC(N)C1C2.CC(C)(C)OC(=O)N1CC2CC(N)C1C2. The summed E-state index contributed by atoms with van der Waals surface area (Å²) < 4.78 is 16.1. The van der Waals surface area contributed by atoms with Crippen molar-refractivity contribution in [1.29, 1.82) is 0 Å². The fourth-order valence-electron chi connectivity index (χ4n) is 7.82. The predicted molar refractivity (Wildman–Crippen MR) is 172 cm³/mol. The monoisotopic (exact) mass is 636 g/mol. The van der Waals surface area contributed by atoms with Crippen LogP contribution in [0.15, 0.2) is 0 Å². The maximum atomic E-state index is 11.8. The first-order valence-electron chi connectivity index (χ1n) is 16.9. The van der Waals surface area contributed by atoms with Crippen LogP contribution >= 0.6 is 0 Å². The third-order valence-corrected chi connectivity index (χ3v) is 9.47. The molecule has 45 heavy (non-hydrogen) atoms. The van der Waals surface area contributed by atoms with Crippen LogP contribution in [-0.4, -0.2) is 106 Å². The summed E-state index contributed by atoms with van der Waals surface area (Å²) in [4.78, 5) is 41.0. The minimum Gasteiger partial charge on any atom is -0.444 e. The number of rotatable bonds is 0. The molecule has 0 aromatic carbocycles. The topological polar surface area (TPSA) is 167 Å². The molecular formula is C33H60N6O6. The number of carbonyl (C=O) groups excluding carboxylic acids is 3. The van der Waals surface area contributed by atoms with E-state index < -0.39 is 16.8 Å². The molecule has 0 aromatic heterocycles. The van der Waals surface area contributed by atoms with Gasteiger partial charge in [-0.15, -0.1) is 0 Å². The molecule has 0 spiro atoms. The van der Waals surface area contributed by atoms with E-state index >= 15 is 0 Å². The second-order valence-electron chi connectivity index (χ2n) is 17.1. The van der Waals surface area contributed by atoms with Crippen molar-refractivity contribution in [2.24, 2.45) is 35.0 Å². The smallest absolute Gasteiger partial charge is 0.410 e. The standard InChI is InChI=1S/3C11H20N2O2/c3*1-11(2,3)15-10(14)13-6-7-4-8(12)9(13)5-7/h3*7-9H,4-6,12H2,1-3H3. The maximum Gasteiger partial charge on any atom is 0.410 e. The van der Waals surface area contributed by atoms with Gasteiger partial charge >= 0.3 is 18.3 Å². The zero-order chi connectivity index (χ0) is 33.6. The van der Waals surface area contributed by atoms with Crippen LogP contribution in [0.3, 0.4) is 0 Å². The molecule has 9 unspecified atom stereocenters. The van der Waals surface area contributed by atoms with Crippen molar-refractivity contribution in [2.75, 3.05) is 19.6 Å².